The highest BCUT2D eigenvalue weighted by Gasteiger charge is 2.27. The van der Waals surface area contributed by atoms with Crippen LogP contribution in [0.15, 0.2) is 18.3 Å². The van der Waals surface area contributed by atoms with E-state index in [-0.39, 0.29) is 5.91 Å². The monoisotopic (exact) mass is 277 g/mol. The Balaban J connectivity index is 2.08. The van der Waals surface area contributed by atoms with Crippen LogP contribution < -0.4 is 5.32 Å². The maximum Gasteiger partial charge on any atom is 0.272 e. The quantitative estimate of drug-likeness (QED) is 0.885. The number of nitrogens with zero attached hydrogens (tertiary/aromatic N) is 2. The van der Waals surface area contributed by atoms with Gasteiger partial charge in [-0.05, 0) is 45.2 Å². The summed E-state index contributed by atoms with van der Waals surface area (Å²) in [4.78, 5) is 18.4. The summed E-state index contributed by atoms with van der Waals surface area (Å²) in [5.41, 5.74) is 0.714. The summed E-state index contributed by atoms with van der Waals surface area (Å²) >= 11 is 0. The van der Waals surface area contributed by atoms with E-state index in [1.54, 1.807) is 17.2 Å². The van der Waals surface area contributed by atoms with Crippen LogP contribution in [0.1, 0.15) is 43.6 Å². The van der Waals surface area contributed by atoms with E-state index < -0.39 is 5.60 Å². The van der Waals surface area contributed by atoms with Gasteiger partial charge in [-0.1, -0.05) is 0 Å². The molecule has 0 aromatic carbocycles. The number of amides is 1. The molecule has 1 amide bonds. The standard InChI is InChI=1S/C15H23N3O2/c1-3-16-12-5-8-17-13(11-12)14(19)18-9-4-6-15(2,20)7-10-18/h5,8,11,20H,3-4,6-7,9-10H2,1-2H3,(H,16,17). The first kappa shape index (κ1) is 14.8. The molecule has 1 aromatic rings. The first-order valence-electron chi connectivity index (χ1n) is 7.23. The lowest BCUT2D eigenvalue weighted by Gasteiger charge is -2.22. The van der Waals surface area contributed by atoms with Gasteiger partial charge in [-0.3, -0.25) is 9.78 Å². The molecule has 5 heteroatoms. The van der Waals surface area contributed by atoms with Crippen LogP contribution in [0.25, 0.3) is 0 Å². The zero-order chi connectivity index (χ0) is 14.6. The van der Waals surface area contributed by atoms with Crippen molar-refractivity contribution in [1.82, 2.24) is 9.88 Å². The molecule has 1 aliphatic rings. The van der Waals surface area contributed by atoms with Crippen molar-refractivity contribution in [3.63, 3.8) is 0 Å². The Labute approximate surface area is 120 Å². The molecule has 1 unspecified atom stereocenters. The van der Waals surface area contributed by atoms with Crippen molar-refractivity contribution in [2.45, 2.75) is 38.7 Å². The molecular weight excluding hydrogens is 254 g/mol. The molecule has 1 atom stereocenters. The summed E-state index contributed by atoms with van der Waals surface area (Å²) in [6.07, 6.45) is 3.83. The number of aliphatic hydroxyl groups is 1. The SMILES string of the molecule is CCNc1ccnc(C(=O)N2CCCC(C)(O)CC2)c1. The number of hydrogen-bond donors (Lipinski definition) is 2. The Kier molecular flexibility index (Phi) is 4.60. The van der Waals surface area contributed by atoms with E-state index in [1.165, 1.54) is 0 Å². The van der Waals surface area contributed by atoms with Crippen LogP contribution in [-0.2, 0) is 0 Å². The smallest absolute Gasteiger partial charge is 0.272 e. The second-order valence-electron chi connectivity index (χ2n) is 5.60. The first-order chi connectivity index (χ1) is 9.52. The molecule has 0 bridgehead atoms. The third-order valence-electron chi connectivity index (χ3n) is 3.71. The summed E-state index contributed by atoms with van der Waals surface area (Å²) < 4.78 is 0. The zero-order valence-electron chi connectivity index (χ0n) is 12.2. The van der Waals surface area contributed by atoms with Crippen LogP contribution in [0.5, 0.6) is 0 Å². The Morgan fingerprint density at radius 1 is 1.50 bits per heavy atom. The normalized spacial score (nSPS) is 23.2. The fourth-order valence-electron chi connectivity index (χ4n) is 2.49. The van der Waals surface area contributed by atoms with Gasteiger partial charge in [0.05, 0.1) is 5.60 Å². The third kappa shape index (κ3) is 3.70. The maximum atomic E-state index is 12.5. The molecule has 20 heavy (non-hydrogen) atoms. The number of carbonyl (C=O) groups excluding carboxylic acids is 1. The molecule has 1 aromatic heterocycles. The minimum Gasteiger partial charge on any atom is -0.390 e. The molecule has 2 heterocycles. The van der Waals surface area contributed by atoms with Gasteiger partial charge in [0.2, 0.25) is 0 Å². The minimum atomic E-state index is -0.659. The second kappa shape index (κ2) is 6.22. The average Bonchev–Trinajstić information content (AvgIpc) is 2.60. The lowest BCUT2D eigenvalue weighted by atomic mass is 9.98. The van der Waals surface area contributed by atoms with Gasteiger partial charge in [-0.25, -0.2) is 0 Å². The van der Waals surface area contributed by atoms with Crippen LogP contribution in [-0.4, -0.2) is 46.1 Å². The Morgan fingerprint density at radius 2 is 2.30 bits per heavy atom. The van der Waals surface area contributed by atoms with Crippen molar-refractivity contribution in [3.8, 4) is 0 Å². The van der Waals surface area contributed by atoms with Gasteiger partial charge in [0, 0.05) is 31.5 Å². The number of anilines is 1. The Hall–Kier alpha value is -1.62. The largest absolute Gasteiger partial charge is 0.390 e. The number of nitrogens with one attached hydrogen (secondary N) is 1. The number of pyridine rings is 1. The van der Waals surface area contributed by atoms with Crippen molar-refractivity contribution in [1.29, 1.82) is 0 Å². The van der Waals surface area contributed by atoms with Crippen LogP contribution in [0.2, 0.25) is 0 Å². The number of likely N-dealkylation sites (tertiary alicyclic amines) is 1. The maximum absolute atomic E-state index is 12.5. The molecule has 2 rings (SSSR count). The second-order valence-corrected chi connectivity index (χ2v) is 5.60. The highest BCUT2D eigenvalue weighted by molar-refractivity contribution is 5.93. The molecule has 5 nitrogen and oxygen atoms in total. The molecule has 0 radical (unpaired) electrons. The summed E-state index contributed by atoms with van der Waals surface area (Å²) in [7, 11) is 0. The van der Waals surface area contributed by atoms with E-state index in [1.807, 2.05) is 19.9 Å². The van der Waals surface area contributed by atoms with Gasteiger partial charge in [0.1, 0.15) is 5.69 Å². The van der Waals surface area contributed by atoms with Gasteiger partial charge in [-0.15, -0.1) is 0 Å². The number of aromatic nitrogens is 1. The highest BCUT2D eigenvalue weighted by atomic mass is 16.3. The fraction of sp³-hybridized carbons (Fsp3) is 0.600. The van der Waals surface area contributed by atoms with E-state index in [4.69, 9.17) is 0 Å². The van der Waals surface area contributed by atoms with Crippen molar-refractivity contribution < 1.29 is 9.90 Å². The van der Waals surface area contributed by atoms with E-state index >= 15 is 0 Å². The molecule has 2 N–H and O–H groups in total. The lowest BCUT2D eigenvalue weighted by Crippen LogP contribution is -2.34. The van der Waals surface area contributed by atoms with Crippen LogP contribution >= 0.6 is 0 Å². The molecule has 1 aliphatic heterocycles. The van der Waals surface area contributed by atoms with Crippen LogP contribution in [0, 0.1) is 0 Å². The van der Waals surface area contributed by atoms with Gasteiger partial charge in [0.25, 0.3) is 5.91 Å². The number of hydrogen-bond acceptors (Lipinski definition) is 4. The Morgan fingerprint density at radius 3 is 3.05 bits per heavy atom. The van der Waals surface area contributed by atoms with Gasteiger partial charge in [-0.2, -0.15) is 0 Å². The Bertz CT molecular complexity index is 474. The van der Waals surface area contributed by atoms with E-state index in [0.717, 1.165) is 25.1 Å². The van der Waals surface area contributed by atoms with E-state index in [0.29, 0.717) is 25.2 Å². The van der Waals surface area contributed by atoms with E-state index in [2.05, 4.69) is 10.3 Å². The molecular formula is C15H23N3O2. The van der Waals surface area contributed by atoms with Crippen molar-refractivity contribution in [2.75, 3.05) is 25.0 Å². The number of rotatable bonds is 3. The van der Waals surface area contributed by atoms with E-state index in [9.17, 15) is 9.90 Å². The number of carbonyl (C=O) groups is 1. The lowest BCUT2D eigenvalue weighted by molar-refractivity contribution is 0.0437. The predicted molar refractivity (Wildman–Crippen MR) is 78.8 cm³/mol. The summed E-state index contributed by atoms with van der Waals surface area (Å²) in [6, 6.07) is 3.64. The molecule has 1 saturated heterocycles. The molecule has 110 valence electrons. The minimum absolute atomic E-state index is 0.0533. The van der Waals surface area contributed by atoms with Crippen LogP contribution in [0.3, 0.4) is 0 Å². The topological polar surface area (TPSA) is 65.5 Å². The predicted octanol–water partition coefficient (Wildman–Crippen LogP) is 1.89. The average molecular weight is 277 g/mol. The van der Waals surface area contributed by atoms with Gasteiger partial charge < -0.3 is 15.3 Å². The highest BCUT2D eigenvalue weighted by Crippen LogP contribution is 2.22. The van der Waals surface area contributed by atoms with Crippen molar-refractivity contribution in [3.05, 3.63) is 24.0 Å². The summed E-state index contributed by atoms with van der Waals surface area (Å²) in [5.74, 6) is -0.0533. The van der Waals surface area contributed by atoms with Crippen LogP contribution in [0.4, 0.5) is 5.69 Å². The molecule has 1 fully saturated rings. The third-order valence-corrected chi connectivity index (χ3v) is 3.71. The molecule has 0 aliphatic carbocycles. The molecule has 0 saturated carbocycles. The summed E-state index contributed by atoms with van der Waals surface area (Å²) in [6.45, 7) is 5.93. The first-order valence-corrected chi connectivity index (χ1v) is 7.23. The molecule has 0 spiro atoms. The van der Waals surface area contributed by atoms with Crippen molar-refractivity contribution in [2.24, 2.45) is 0 Å². The fourth-order valence-corrected chi connectivity index (χ4v) is 2.49. The zero-order valence-corrected chi connectivity index (χ0v) is 12.2. The van der Waals surface area contributed by atoms with Crippen molar-refractivity contribution >= 4 is 11.6 Å². The summed E-state index contributed by atoms with van der Waals surface area (Å²) in [5, 5.41) is 13.3. The van der Waals surface area contributed by atoms with Gasteiger partial charge in [0.15, 0.2) is 0 Å². The van der Waals surface area contributed by atoms with Gasteiger partial charge >= 0.3 is 0 Å².